The Labute approximate surface area is 121 Å². The van der Waals surface area contributed by atoms with Gasteiger partial charge < -0.3 is 10.1 Å². The first-order valence-corrected chi connectivity index (χ1v) is 6.37. The standard InChI is InChI=1S/C14H12Cl2FNO/c1-19-14-5-3-10(7-12(14)16)18-8-9-2-4-13(17)11(15)6-9/h2-7,18H,8H2,1H3. The summed E-state index contributed by atoms with van der Waals surface area (Å²) in [6, 6.07) is 10.0. The first-order chi connectivity index (χ1) is 9.10. The molecule has 0 unspecified atom stereocenters. The van der Waals surface area contributed by atoms with E-state index in [2.05, 4.69) is 5.32 Å². The molecular formula is C14H12Cl2FNO. The molecule has 2 aromatic rings. The van der Waals surface area contributed by atoms with E-state index < -0.39 is 5.82 Å². The molecule has 0 amide bonds. The minimum absolute atomic E-state index is 0.118. The summed E-state index contributed by atoms with van der Waals surface area (Å²) >= 11 is 11.7. The van der Waals surface area contributed by atoms with Crippen LogP contribution in [0.15, 0.2) is 36.4 Å². The van der Waals surface area contributed by atoms with Crippen molar-refractivity contribution < 1.29 is 9.13 Å². The average Bonchev–Trinajstić information content (AvgIpc) is 2.40. The molecular weight excluding hydrogens is 288 g/mol. The molecule has 0 spiro atoms. The summed E-state index contributed by atoms with van der Waals surface area (Å²) in [7, 11) is 1.56. The Hall–Kier alpha value is -1.45. The lowest BCUT2D eigenvalue weighted by Gasteiger charge is -2.09. The van der Waals surface area contributed by atoms with Crippen molar-refractivity contribution in [3.8, 4) is 5.75 Å². The van der Waals surface area contributed by atoms with Gasteiger partial charge in [-0.3, -0.25) is 0 Å². The third-order valence-electron chi connectivity index (χ3n) is 2.63. The van der Waals surface area contributed by atoms with E-state index in [-0.39, 0.29) is 5.02 Å². The third-order valence-corrected chi connectivity index (χ3v) is 3.22. The summed E-state index contributed by atoms with van der Waals surface area (Å²) in [6.45, 7) is 0.530. The van der Waals surface area contributed by atoms with Crippen LogP contribution < -0.4 is 10.1 Å². The summed E-state index contributed by atoms with van der Waals surface area (Å²) in [5, 5.41) is 3.83. The van der Waals surface area contributed by atoms with E-state index in [4.69, 9.17) is 27.9 Å². The molecule has 0 radical (unpaired) electrons. The third kappa shape index (κ3) is 3.52. The number of anilines is 1. The predicted molar refractivity (Wildman–Crippen MR) is 76.7 cm³/mol. The van der Waals surface area contributed by atoms with Crippen LogP contribution in [0.4, 0.5) is 10.1 Å². The van der Waals surface area contributed by atoms with Crippen molar-refractivity contribution in [1.29, 1.82) is 0 Å². The van der Waals surface area contributed by atoms with Crippen molar-refractivity contribution >= 4 is 28.9 Å². The minimum Gasteiger partial charge on any atom is -0.495 e. The fraction of sp³-hybridized carbons (Fsp3) is 0.143. The fourth-order valence-corrected chi connectivity index (χ4v) is 2.09. The molecule has 0 bridgehead atoms. The Morgan fingerprint density at radius 2 is 1.89 bits per heavy atom. The van der Waals surface area contributed by atoms with Crippen LogP contribution >= 0.6 is 23.2 Å². The van der Waals surface area contributed by atoms with Gasteiger partial charge in [-0.2, -0.15) is 0 Å². The van der Waals surface area contributed by atoms with E-state index in [1.807, 2.05) is 6.07 Å². The van der Waals surface area contributed by atoms with Gasteiger partial charge in [-0.1, -0.05) is 29.3 Å². The van der Waals surface area contributed by atoms with Gasteiger partial charge in [0, 0.05) is 12.2 Å². The highest BCUT2D eigenvalue weighted by atomic mass is 35.5. The molecule has 2 aromatic carbocycles. The van der Waals surface area contributed by atoms with Crippen molar-refractivity contribution in [1.82, 2.24) is 0 Å². The molecule has 2 nitrogen and oxygen atoms in total. The average molecular weight is 300 g/mol. The molecule has 100 valence electrons. The Kier molecular flexibility index (Phi) is 4.51. The van der Waals surface area contributed by atoms with Crippen molar-refractivity contribution in [3.05, 3.63) is 57.8 Å². The summed E-state index contributed by atoms with van der Waals surface area (Å²) in [5.41, 5.74) is 1.74. The van der Waals surface area contributed by atoms with E-state index in [1.165, 1.54) is 6.07 Å². The first-order valence-electron chi connectivity index (χ1n) is 5.61. The second-order valence-electron chi connectivity index (χ2n) is 3.95. The topological polar surface area (TPSA) is 21.3 Å². The monoisotopic (exact) mass is 299 g/mol. The Bertz CT molecular complexity index is 590. The second kappa shape index (κ2) is 6.13. The second-order valence-corrected chi connectivity index (χ2v) is 4.77. The maximum atomic E-state index is 13.0. The lowest BCUT2D eigenvalue weighted by Crippen LogP contribution is -2.00. The summed E-state index contributed by atoms with van der Waals surface area (Å²) < 4.78 is 18.1. The van der Waals surface area contributed by atoms with Crippen LogP contribution in [0.5, 0.6) is 5.75 Å². The van der Waals surface area contributed by atoms with Gasteiger partial charge in [-0.15, -0.1) is 0 Å². The van der Waals surface area contributed by atoms with E-state index in [0.717, 1.165) is 11.3 Å². The highest BCUT2D eigenvalue weighted by Gasteiger charge is 2.03. The zero-order chi connectivity index (χ0) is 13.8. The van der Waals surface area contributed by atoms with Crippen LogP contribution in [0.25, 0.3) is 0 Å². The quantitative estimate of drug-likeness (QED) is 0.879. The zero-order valence-electron chi connectivity index (χ0n) is 10.2. The molecule has 0 aromatic heterocycles. The van der Waals surface area contributed by atoms with Crippen LogP contribution in [0.2, 0.25) is 10.0 Å². The number of nitrogens with one attached hydrogen (secondary N) is 1. The van der Waals surface area contributed by atoms with E-state index in [9.17, 15) is 4.39 Å². The number of hydrogen-bond donors (Lipinski definition) is 1. The van der Waals surface area contributed by atoms with Crippen LogP contribution in [-0.2, 0) is 6.54 Å². The van der Waals surface area contributed by atoms with Crippen LogP contribution in [0.3, 0.4) is 0 Å². The first kappa shape index (κ1) is 14.0. The Balaban J connectivity index is 2.05. The van der Waals surface area contributed by atoms with Gasteiger partial charge in [0.2, 0.25) is 0 Å². The molecule has 5 heteroatoms. The lowest BCUT2D eigenvalue weighted by atomic mass is 10.2. The molecule has 0 aliphatic carbocycles. The summed E-state index contributed by atoms with van der Waals surface area (Å²) in [5.74, 6) is 0.204. The van der Waals surface area contributed by atoms with E-state index >= 15 is 0 Å². The van der Waals surface area contributed by atoms with E-state index in [0.29, 0.717) is 17.3 Å². The van der Waals surface area contributed by atoms with Crippen molar-refractivity contribution in [2.24, 2.45) is 0 Å². The van der Waals surface area contributed by atoms with Crippen LogP contribution in [0, 0.1) is 5.82 Å². The largest absolute Gasteiger partial charge is 0.495 e. The van der Waals surface area contributed by atoms with Crippen LogP contribution in [0.1, 0.15) is 5.56 Å². The zero-order valence-corrected chi connectivity index (χ0v) is 11.7. The number of halogens is 3. The van der Waals surface area contributed by atoms with Gasteiger partial charge in [-0.25, -0.2) is 4.39 Å². The van der Waals surface area contributed by atoms with Crippen LogP contribution in [-0.4, -0.2) is 7.11 Å². The molecule has 19 heavy (non-hydrogen) atoms. The SMILES string of the molecule is COc1ccc(NCc2ccc(F)c(Cl)c2)cc1Cl. The van der Waals surface area contributed by atoms with Gasteiger partial charge in [0.1, 0.15) is 11.6 Å². The van der Waals surface area contributed by atoms with Gasteiger partial charge in [0.25, 0.3) is 0 Å². The lowest BCUT2D eigenvalue weighted by molar-refractivity contribution is 0.415. The maximum Gasteiger partial charge on any atom is 0.141 e. The Morgan fingerprint density at radius 3 is 2.53 bits per heavy atom. The summed E-state index contributed by atoms with van der Waals surface area (Å²) in [4.78, 5) is 0. The fourth-order valence-electron chi connectivity index (χ4n) is 1.63. The van der Waals surface area contributed by atoms with Crippen molar-refractivity contribution in [2.45, 2.75) is 6.54 Å². The van der Waals surface area contributed by atoms with Crippen molar-refractivity contribution in [2.75, 3.05) is 12.4 Å². The molecule has 0 aliphatic heterocycles. The van der Waals surface area contributed by atoms with Gasteiger partial charge >= 0.3 is 0 Å². The molecule has 0 heterocycles. The molecule has 1 N–H and O–H groups in total. The van der Waals surface area contributed by atoms with Gasteiger partial charge in [-0.05, 0) is 35.9 Å². The number of hydrogen-bond acceptors (Lipinski definition) is 2. The molecule has 0 fully saturated rings. The van der Waals surface area contributed by atoms with Crippen molar-refractivity contribution in [3.63, 3.8) is 0 Å². The molecule has 0 saturated carbocycles. The molecule has 0 aliphatic rings. The highest BCUT2D eigenvalue weighted by Crippen LogP contribution is 2.27. The number of benzene rings is 2. The summed E-state index contributed by atoms with van der Waals surface area (Å²) in [6.07, 6.45) is 0. The molecule has 2 rings (SSSR count). The van der Waals surface area contributed by atoms with Gasteiger partial charge in [0.05, 0.1) is 17.2 Å². The van der Waals surface area contributed by atoms with Gasteiger partial charge in [0.15, 0.2) is 0 Å². The normalized spacial score (nSPS) is 10.3. The highest BCUT2D eigenvalue weighted by molar-refractivity contribution is 6.32. The number of rotatable bonds is 4. The smallest absolute Gasteiger partial charge is 0.141 e. The number of ether oxygens (including phenoxy) is 1. The number of methoxy groups -OCH3 is 1. The minimum atomic E-state index is -0.419. The molecule has 0 atom stereocenters. The molecule has 0 saturated heterocycles. The van der Waals surface area contributed by atoms with E-state index in [1.54, 1.807) is 31.4 Å². The maximum absolute atomic E-state index is 13.0. The Morgan fingerprint density at radius 1 is 1.11 bits per heavy atom. The predicted octanol–water partition coefficient (Wildman–Crippen LogP) is 4.75.